The molecule has 0 amide bonds. The fraction of sp³-hybridized carbons (Fsp3) is 0.444. The van der Waals surface area contributed by atoms with Crippen LogP contribution in [0.2, 0.25) is 0 Å². The Morgan fingerprint density at radius 3 is 2.87 bits per heavy atom. The number of aromatic amines is 1. The molecule has 6 heteroatoms. The van der Waals surface area contributed by atoms with Crippen molar-refractivity contribution in [3.05, 3.63) is 28.4 Å². The molecule has 0 aliphatic carbocycles. The van der Waals surface area contributed by atoms with Gasteiger partial charge in [0.25, 0.3) is 0 Å². The molecule has 0 radical (unpaired) electrons. The van der Waals surface area contributed by atoms with Gasteiger partial charge < -0.3 is 9.72 Å². The summed E-state index contributed by atoms with van der Waals surface area (Å²) in [6.45, 7) is 3.42. The number of ether oxygens (including phenoxy) is 1. The zero-order valence-electron chi connectivity index (χ0n) is 8.56. The predicted octanol–water partition coefficient (Wildman–Crippen LogP) is -0.606. The minimum absolute atomic E-state index is 0.0526. The lowest BCUT2D eigenvalue weighted by molar-refractivity contribution is -0.910. The molecule has 6 nitrogen and oxygen atoms in total. The Kier molecular flexibility index (Phi) is 3.43. The van der Waals surface area contributed by atoms with Gasteiger partial charge in [-0.3, -0.25) is 14.8 Å². The van der Waals surface area contributed by atoms with Gasteiger partial charge in [0.15, 0.2) is 0 Å². The molecule has 0 bridgehead atoms. The van der Waals surface area contributed by atoms with Crippen molar-refractivity contribution >= 4 is 5.97 Å². The fourth-order valence-electron chi connectivity index (χ4n) is 1.06. The van der Waals surface area contributed by atoms with E-state index in [9.17, 15) is 14.8 Å². The number of hydrogen-bond donors (Lipinski definition) is 2. The summed E-state index contributed by atoms with van der Waals surface area (Å²) in [6, 6.07) is 0. The smallest absolute Gasteiger partial charge is 0.321 e. The van der Waals surface area contributed by atoms with E-state index >= 15 is 0 Å². The lowest BCUT2D eigenvalue weighted by Crippen LogP contribution is -2.43. The van der Waals surface area contributed by atoms with Crippen molar-refractivity contribution < 1.29 is 19.5 Å². The maximum absolute atomic E-state index is 11.2. The Morgan fingerprint density at radius 1 is 1.67 bits per heavy atom. The summed E-state index contributed by atoms with van der Waals surface area (Å²) in [5.41, 5.74) is -0.566. The van der Waals surface area contributed by atoms with Gasteiger partial charge >= 0.3 is 17.2 Å². The Labute approximate surface area is 86.1 Å². The first-order valence-corrected chi connectivity index (χ1v) is 4.51. The molecule has 1 aromatic heterocycles. The van der Waals surface area contributed by atoms with E-state index in [1.54, 1.807) is 13.8 Å². The van der Waals surface area contributed by atoms with Gasteiger partial charge in [0.05, 0.1) is 12.3 Å². The quantitative estimate of drug-likeness (QED) is 0.399. The molecule has 0 aliphatic rings. The van der Waals surface area contributed by atoms with Crippen LogP contribution in [0.25, 0.3) is 0 Å². The summed E-state index contributed by atoms with van der Waals surface area (Å²) >= 11 is 0. The van der Waals surface area contributed by atoms with E-state index in [1.807, 2.05) is 0 Å². The largest absolute Gasteiger partial charge is 0.463 e. The average molecular weight is 213 g/mol. The van der Waals surface area contributed by atoms with Crippen LogP contribution in [0.3, 0.4) is 0 Å². The molecule has 1 rings (SSSR count). The zero-order chi connectivity index (χ0) is 11.4. The van der Waals surface area contributed by atoms with Gasteiger partial charge in [-0.25, -0.2) is 0 Å². The normalized spacial score (nSPS) is 10.3. The SMILES string of the molecule is CC(C)OC(=O)Cc1c(=O)[nH]cc[n+]1O. The molecule has 0 aromatic carbocycles. The van der Waals surface area contributed by atoms with Crippen molar-refractivity contribution in [2.24, 2.45) is 0 Å². The summed E-state index contributed by atoms with van der Waals surface area (Å²) in [4.78, 5) is 24.8. The predicted molar refractivity (Wildman–Crippen MR) is 49.4 cm³/mol. The summed E-state index contributed by atoms with van der Waals surface area (Å²) in [6.07, 6.45) is 2.01. The maximum atomic E-state index is 11.2. The Bertz CT molecular complexity index is 411. The van der Waals surface area contributed by atoms with Gasteiger partial charge in [-0.15, -0.1) is 0 Å². The molecular formula is C9H13N2O4+. The van der Waals surface area contributed by atoms with Crippen LogP contribution in [0, 0.1) is 0 Å². The van der Waals surface area contributed by atoms with E-state index < -0.39 is 11.5 Å². The molecule has 82 valence electrons. The maximum Gasteiger partial charge on any atom is 0.321 e. The number of nitrogens with one attached hydrogen (secondary N) is 1. The van der Waals surface area contributed by atoms with E-state index in [2.05, 4.69) is 4.98 Å². The first-order chi connectivity index (χ1) is 7.00. The van der Waals surface area contributed by atoms with E-state index in [4.69, 9.17) is 4.74 Å². The van der Waals surface area contributed by atoms with Crippen molar-refractivity contribution in [2.75, 3.05) is 0 Å². The summed E-state index contributed by atoms with van der Waals surface area (Å²) < 4.78 is 5.46. The Balaban J connectivity index is 2.81. The number of rotatable bonds is 3. The monoisotopic (exact) mass is 213 g/mol. The number of nitrogens with zero attached hydrogens (tertiary/aromatic N) is 1. The van der Waals surface area contributed by atoms with Crippen molar-refractivity contribution in [1.82, 2.24) is 4.98 Å². The van der Waals surface area contributed by atoms with Crippen LogP contribution in [0.4, 0.5) is 0 Å². The van der Waals surface area contributed by atoms with E-state index in [0.717, 1.165) is 0 Å². The number of esters is 1. The second-order valence-electron chi connectivity index (χ2n) is 3.30. The lowest BCUT2D eigenvalue weighted by Gasteiger charge is -2.05. The first-order valence-electron chi connectivity index (χ1n) is 4.51. The number of carbonyl (C=O) groups excluding carboxylic acids is 1. The third-order valence-electron chi connectivity index (χ3n) is 1.65. The van der Waals surface area contributed by atoms with Crippen LogP contribution in [0.15, 0.2) is 17.2 Å². The van der Waals surface area contributed by atoms with Crippen LogP contribution in [0.5, 0.6) is 0 Å². The van der Waals surface area contributed by atoms with Gasteiger partial charge in [0, 0.05) is 4.73 Å². The van der Waals surface area contributed by atoms with Gasteiger partial charge in [0.2, 0.25) is 6.20 Å². The number of aromatic nitrogens is 2. The number of hydrogen-bond acceptors (Lipinski definition) is 4. The minimum atomic E-state index is -0.551. The summed E-state index contributed by atoms with van der Waals surface area (Å²) in [5.74, 6) is -0.551. The third kappa shape index (κ3) is 3.08. The van der Waals surface area contributed by atoms with Crippen LogP contribution in [-0.4, -0.2) is 22.3 Å². The fourth-order valence-corrected chi connectivity index (χ4v) is 1.06. The Morgan fingerprint density at radius 2 is 2.33 bits per heavy atom. The lowest BCUT2D eigenvalue weighted by atomic mass is 10.3. The van der Waals surface area contributed by atoms with E-state index in [1.165, 1.54) is 12.4 Å². The molecule has 0 spiro atoms. The molecule has 0 fully saturated rings. The highest BCUT2D eigenvalue weighted by Crippen LogP contribution is 1.93. The molecule has 0 unspecified atom stereocenters. The minimum Gasteiger partial charge on any atom is -0.463 e. The first kappa shape index (κ1) is 11.2. The van der Waals surface area contributed by atoms with Gasteiger partial charge in [-0.1, -0.05) is 0 Å². The second-order valence-corrected chi connectivity index (χ2v) is 3.30. The van der Waals surface area contributed by atoms with Crippen LogP contribution in [0.1, 0.15) is 19.5 Å². The van der Waals surface area contributed by atoms with Crippen molar-refractivity contribution in [2.45, 2.75) is 26.4 Å². The van der Waals surface area contributed by atoms with Crippen LogP contribution in [-0.2, 0) is 16.0 Å². The third-order valence-corrected chi connectivity index (χ3v) is 1.65. The number of carbonyl (C=O) groups is 1. The topological polar surface area (TPSA) is 83.3 Å². The molecule has 2 N–H and O–H groups in total. The van der Waals surface area contributed by atoms with E-state index in [0.29, 0.717) is 4.73 Å². The van der Waals surface area contributed by atoms with Crippen molar-refractivity contribution in [3.8, 4) is 0 Å². The van der Waals surface area contributed by atoms with Crippen LogP contribution >= 0.6 is 0 Å². The highest BCUT2D eigenvalue weighted by Gasteiger charge is 2.20. The molecule has 15 heavy (non-hydrogen) atoms. The number of H-pyrrole nitrogens is 1. The van der Waals surface area contributed by atoms with Gasteiger partial charge in [0.1, 0.15) is 6.42 Å². The molecular weight excluding hydrogens is 200 g/mol. The van der Waals surface area contributed by atoms with Gasteiger partial charge in [-0.2, -0.15) is 0 Å². The average Bonchev–Trinajstić information content (AvgIpc) is 2.10. The highest BCUT2D eigenvalue weighted by molar-refractivity contribution is 5.71. The van der Waals surface area contributed by atoms with E-state index in [-0.39, 0.29) is 18.2 Å². The van der Waals surface area contributed by atoms with Crippen molar-refractivity contribution in [3.63, 3.8) is 0 Å². The summed E-state index contributed by atoms with van der Waals surface area (Å²) in [7, 11) is 0. The zero-order valence-corrected chi connectivity index (χ0v) is 8.56. The molecule has 1 heterocycles. The van der Waals surface area contributed by atoms with Gasteiger partial charge in [-0.05, 0) is 13.8 Å². The second kappa shape index (κ2) is 4.59. The molecule has 0 saturated carbocycles. The molecule has 1 aromatic rings. The Hall–Kier alpha value is -1.85. The van der Waals surface area contributed by atoms with Crippen molar-refractivity contribution in [1.29, 1.82) is 0 Å². The molecule has 0 saturated heterocycles. The molecule has 0 aliphatic heterocycles. The summed E-state index contributed by atoms with van der Waals surface area (Å²) in [5, 5.41) is 9.26. The molecule has 0 atom stereocenters. The highest BCUT2D eigenvalue weighted by atomic mass is 16.5. The van der Waals surface area contributed by atoms with Crippen LogP contribution < -0.4 is 10.3 Å². The standard InChI is InChI=1S/C9H12N2O4/c1-6(2)15-8(12)5-7-9(13)10-3-4-11(7)14/h3-4,6H,5H2,1-2H3,(H-,10,13,14)/p+1.